The van der Waals surface area contributed by atoms with Gasteiger partial charge in [-0.25, -0.2) is 4.79 Å². The van der Waals surface area contributed by atoms with Crippen molar-refractivity contribution in [1.29, 1.82) is 0 Å². The maximum absolute atomic E-state index is 14.2. The van der Waals surface area contributed by atoms with E-state index in [1.54, 1.807) is 34.3 Å². The first-order chi connectivity index (χ1) is 26.0. The van der Waals surface area contributed by atoms with Gasteiger partial charge in [0.05, 0.1) is 36.9 Å². The molecule has 1 saturated carbocycles. The first-order valence-electron chi connectivity index (χ1n) is 20.4. The summed E-state index contributed by atoms with van der Waals surface area (Å²) >= 11 is 0. The number of aliphatic hydroxyl groups excluding tert-OH is 2. The zero-order valence-electron chi connectivity index (χ0n) is 34.5. The largest absolute Gasteiger partial charge is 0.456 e. The lowest BCUT2D eigenvalue weighted by atomic mass is 9.81. The van der Waals surface area contributed by atoms with Crippen molar-refractivity contribution in [2.45, 2.75) is 160 Å². The summed E-state index contributed by atoms with van der Waals surface area (Å²) in [6.45, 7) is 13.8. The molecular weight excluding hydrogens is 706 g/mol. The van der Waals surface area contributed by atoms with Crippen LogP contribution in [0.5, 0.6) is 0 Å². The molecule has 3 N–H and O–H groups in total. The van der Waals surface area contributed by atoms with Crippen molar-refractivity contribution in [2.75, 3.05) is 27.9 Å². The van der Waals surface area contributed by atoms with Crippen LogP contribution in [0.2, 0.25) is 0 Å². The first kappa shape index (κ1) is 45.3. The van der Waals surface area contributed by atoms with Gasteiger partial charge in [-0.2, -0.15) is 0 Å². The van der Waals surface area contributed by atoms with E-state index in [1.165, 1.54) is 4.90 Å². The lowest BCUT2D eigenvalue weighted by Gasteiger charge is -2.47. The second-order valence-corrected chi connectivity index (χ2v) is 17.0. The number of Topliss-reactive ketones (excluding diaryl/α,β-unsaturated/α-hetero) is 1. The topological polar surface area (TPSA) is 161 Å². The molecule has 1 unspecified atom stereocenters. The number of ether oxygens (including phenoxy) is 5. The molecule has 312 valence electrons. The zero-order chi connectivity index (χ0) is 40.6. The van der Waals surface area contributed by atoms with E-state index in [2.05, 4.69) is 13.5 Å². The van der Waals surface area contributed by atoms with Crippen LogP contribution in [0.3, 0.4) is 0 Å². The van der Waals surface area contributed by atoms with Gasteiger partial charge in [0.1, 0.15) is 24.0 Å². The van der Waals surface area contributed by atoms with Crippen LogP contribution in [0.25, 0.3) is 0 Å². The van der Waals surface area contributed by atoms with Crippen LogP contribution in [-0.4, -0.2) is 120 Å². The number of esters is 1. The highest BCUT2D eigenvalue weighted by Crippen LogP contribution is 2.40. The summed E-state index contributed by atoms with van der Waals surface area (Å²) < 4.78 is 30.1. The van der Waals surface area contributed by atoms with Crippen molar-refractivity contribution >= 4 is 17.7 Å². The van der Waals surface area contributed by atoms with Crippen LogP contribution in [0.4, 0.5) is 0 Å². The van der Waals surface area contributed by atoms with Gasteiger partial charge >= 0.3 is 5.97 Å². The molecule has 4 aliphatic rings. The number of cyclic esters (lactones) is 1. The van der Waals surface area contributed by atoms with Crippen molar-refractivity contribution in [3.05, 3.63) is 36.0 Å². The maximum Gasteiger partial charge on any atom is 0.329 e. The monoisotopic (exact) mass is 775 g/mol. The molecule has 0 aromatic carbocycles. The van der Waals surface area contributed by atoms with Gasteiger partial charge < -0.3 is 43.9 Å². The molecule has 0 spiro atoms. The summed E-state index contributed by atoms with van der Waals surface area (Å²) in [7, 11) is 4.79. The van der Waals surface area contributed by atoms with Crippen LogP contribution >= 0.6 is 0 Å². The molecular formula is C43H69NO11. The second kappa shape index (κ2) is 20.3. The van der Waals surface area contributed by atoms with Gasteiger partial charge in [-0.05, 0) is 89.0 Å². The van der Waals surface area contributed by atoms with E-state index >= 15 is 0 Å². The molecule has 2 bridgehead atoms. The summed E-state index contributed by atoms with van der Waals surface area (Å²) in [6, 6.07) is -0.895. The van der Waals surface area contributed by atoms with Gasteiger partial charge in [-0.3, -0.25) is 9.59 Å². The number of hydrogen-bond donors (Lipinski definition) is 3. The summed E-state index contributed by atoms with van der Waals surface area (Å²) in [5.41, 5.74) is 1.73. The number of allylic oxidation sites excluding steroid dienone is 4. The number of methoxy groups -OCH3 is 3. The number of fused-ring (bicyclic) bond motifs is 3. The molecule has 12 nitrogen and oxygen atoms in total. The van der Waals surface area contributed by atoms with Gasteiger partial charge in [0.25, 0.3) is 0 Å². The molecule has 3 heterocycles. The summed E-state index contributed by atoms with van der Waals surface area (Å²) in [5, 5.41) is 34.1. The third-order valence-electron chi connectivity index (χ3n) is 12.7. The Balaban J connectivity index is 1.72. The van der Waals surface area contributed by atoms with Crippen LogP contribution < -0.4 is 0 Å². The fourth-order valence-electron chi connectivity index (χ4n) is 9.34. The Bertz CT molecular complexity index is 1380. The molecule has 1 amide bonds. The van der Waals surface area contributed by atoms with Crippen molar-refractivity contribution in [3.63, 3.8) is 0 Å². The van der Waals surface area contributed by atoms with Gasteiger partial charge in [-0.15, -0.1) is 6.58 Å². The Morgan fingerprint density at radius 3 is 2.29 bits per heavy atom. The predicted octanol–water partition coefficient (Wildman–Crippen LogP) is 5.07. The van der Waals surface area contributed by atoms with Gasteiger partial charge in [0, 0.05) is 52.0 Å². The molecule has 12 heteroatoms. The zero-order valence-corrected chi connectivity index (χ0v) is 34.5. The Kier molecular flexibility index (Phi) is 16.7. The van der Waals surface area contributed by atoms with E-state index in [0.29, 0.717) is 64.3 Å². The molecule has 0 aromatic heterocycles. The van der Waals surface area contributed by atoms with Crippen molar-refractivity contribution in [2.24, 2.45) is 29.6 Å². The van der Waals surface area contributed by atoms with E-state index in [1.807, 2.05) is 32.9 Å². The molecule has 4 rings (SSSR count). The molecule has 0 aromatic rings. The van der Waals surface area contributed by atoms with E-state index in [9.17, 15) is 29.7 Å². The molecule has 1 aliphatic carbocycles. The number of carbonyl (C=O) groups excluding carboxylic acids is 3. The van der Waals surface area contributed by atoms with Gasteiger partial charge in [0.15, 0.2) is 5.79 Å². The Hall–Kier alpha value is -2.45. The minimum atomic E-state index is -1.82. The number of carbonyl (C=O) groups is 3. The number of hydrogen-bond acceptors (Lipinski definition) is 11. The van der Waals surface area contributed by atoms with Gasteiger partial charge in [0.2, 0.25) is 5.91 Å². The lowest BCUT2D eigenvalue weighted by molar-refractivity contribution is -0.321. The average molecular weight is 776 g/mol. The molecule has 0 radical (unpaired) electrons. The number of amides is 1. The smallest absolute Gasteiger partial charge is 0.329 e. The molecule has 55 heavy (non-hydrogen) atoms. The molecule has 14 atom stereocenters. The summed E-state index contributed by atoms with van der Waals surface area (Å²) in [4.78, 5) is 43.6. The standard InChI is InChI=1S/C43H69NO11/c1-10-12-31-18-25(2)17-26(3)19-37(52-8)41-38(53-9)21-28(5)43(50,55-41)24-39(48)44-16-11-13-32(44)42(49)54-40(29(6)34(46)23-35(31)47)27(4)20-30-14-15-33(45)36(22-30)51-7/h10,18,20,26,28-34,36-38,40-41,45-46,50H,1,11-17,19,21-24H2,2-9H3/b25-18+,27-20+/t26-,28+,29+,30?,31+,32-,33+,34+,36+,37-,38-,40+,41+,43-/m0/s1. The maximum atomic E-state index is 14.2. The number of aliphatic hydroxyl groups is 3. The fourth-order valence-corrected chi connectivity index (χ4v) is 9.34. The molecule has 3 fully saturated rings. The van der Waals surface area contributed by atoms with Crippen LogP contribution in [0.15, 0.2) is 36.0 Å². The number of nitrogens with zero attached hydrogens (tertiary/aromatic N) is 1. The number of rotatable bonds is 7. The SMILES string of the molecule is C=CC[C@@H]1/C=C(\C)C[C@H](C)C[C@H](OC)[C@H]2O[C@@](O)(CC(=O)N3CCC[C@H]3C(=O)O[C@H](/C(C)=C/C3CC[C@@H](O)[C@H](OC)C3)[C@H](C)[C@H](O)CC1=O)[C@H](C)C[C@@H]2OC. The highest BCUT2D eigenvalue weighted by atomic mass is 16.7. The third-order valence-corrected chi connectivity index (χ3v) is 12.7. The van der Waals surface area contributed by atoms with Crippen molar-refractivity contribution in [1.82, 2.24) is 4.90 Å². The van der Waals surface area contributed by atoms with Crippen LogP contribution in [-0.2, 0) is 38.1 Å². The minimum absolute atomic E-state index is 0.0395. The van der Waals surface area contributed by atoms with Crippen molar-refractivity contribution in [3.8, 4) is 0 Å². The fraction of sp³-hybridized carbons (Fsp3) is 0.791. The lowest BCUT2D eigenvalue weighted by Crippen LogP contribution is -2.59. The Morgan fingerprint density at radius 1 is 0.964 bits per heavy atom. The minimum Gasteiger partial charge on any atom is -0.456 e. The number of ketones is 1. The highest BCUT2D eigenvalue weighted by molar-refractivity contribution is 5.86. The third kappa shape index (κ3) is 11.4. The van der Waals surface area contributed by atoms with E-state index < -0.39 is 72.0 Å². The van der Waals surface area contributed by atoms with Gasteiger partial charge in [-0.1, -0.05) is 44.6 Å². The summed E-state index contributed by atoms with van der Waals surface area (Å²) in [6.07, 6.45) is 5.71. The van der Waals surface area contributed by atoms with Crippen molar-refractivity contribution < 1.29 is 53.4 Å². The average Bonchev–Trinajstić information content (AvgIpc) is 3.64. The molecule has 2 saturated heterocycles. The van der Waals surface area contributed by atoms with Crippen LogP contribution in [0, 0.1) is 29.6 Å². The Labute approximate surface area is 328 Å². The van der Waals surface area contributed by atoms with E-state index in [-0.39, 0.29) is 42.7 Å². The molecule has 3 aliphatic heterocycles. The first-order valence-corrected chi connectivity index (χ1v) is 20.4. The Morgan fingerprint density at radius 2 is 1.64 bits per heavy atom. The van der Waals surface area contributed by atoms with Crippen LogP contribution in [0.1, 0.15) is 105 Å². The van der Waals surface area contributed by atoms with E-state index in [0.717, 1.165) is 11.1 Å². The highest BCUT2D eigenvalue weighted by Gasteiger charge is 2.51. The normalized spacial score (nSPS) is 41.8. The second-order valence-electron chi connectivity index (χ2n) is 17.0. The summed E-state index contributed by atoms with van der Waals surface area (Å²) in [5.74, 6) is -4.46. The quantitative estimate of drug-likeness (QED) is 0.234. The van der Waals surface area contributed by atoms with E-state index in [4.69, 9.17) is 23.7 Å². The predicted molar refractivity (Wildman–Crippen MR) is 208 cm³/mol.